The molecule has 1 amide bonds. The number of aromatic nitrogens is 5. The lowest BCUT2D eigenvalue weighted by atomic mass is 10.2. The highest BCUT2D eigenvalue weighted by atomic mass is 16.1. The average Bonchev–Trinajstić information content (AvgIpc) is 3.18. The number of carbonyl (C=O) groups excluding carboxylic acids is 1. The van der Waals surface area contributed by atoms with E-state index in [1.54, 1.807) is 24.7 Å². The van der Waals surface area contributed by atoms with E-state index in [4.69, 9.17) is 0 Å². The maximum atomic E-state index is 12.2. The molecule has 3 N–H and O–H groups in total. The van der Waals surface area contributed by atoms with Gasteiger partial charge in [-0.05, 0) is 30.3 Å². The van der Waals surface area contributed by atoms with Crippen LogP contribution in [0.15, 0.2) is 42.9 Å². The van der Waals surface area contributed by atoms with Crippen molar-refractivity contribution < 1.29 is 4.79 Å². The molecule has 7 heteroatoms. The van der Waals surface area contributed by atoms with Crippen LogP contribution in [0, 0.1) is 0 Å². The fourth-order valence-corrected chi connectivity index (χ4v) is 2.38. The van der Waals surface area contributed by atoms with Gasteiger partial charge in [0.15, 0.2) is 5.65 Å². The van der Waals surface area contributed by atoms with Crippen molar-refractivity contribution in [2.75, 3.05) is 0 Å². The van der Waals surface area contributed by atoms with Crippen LogP contribution in [0.3, 0.4) is 0 Å². The monoisotopic (exact) mass is 292 g/mol. The first-order chi connectivity index (χ1) is 10.8. The Balaban J connectivity index is 1.54. The number of imidazole rings is 1. The molecule has 1 aromatic carbocycles. The summed E-state index contributed by atoms with van der Waals surface area (Å²) in [5.41, 5.74) is 3.73. The number of benzene rings is 1. The lowest BCUT2D eigenvalue weighted by Gasteiger charge is -2.04. The number of nitrogens with zero attached hydrogens (tertiary/aromatic N) is 3. The molecule has 7 nitrogen and oxygen atoms in total. The second-order valence-corrected chi connectivity index (χ2v) is 4.89. The highest BCUT2D eigenvalue weighted by Crippen LogP contribution is 2.14. The van der Waals surface area contributed by atoms with E-state index in [2.05, 4.69) is 30.5 Å². The molecule has 4 rings (SSSR count). The molecule has 0 saturated heterocycles. The first kappa shape index (κ1) is 12.5. The first-order valence-electron chi connectivity index (χ1n) is 6.80. The standard InChI is InChI=1S/C15H12N6O/c22-15(9-3-4-11-12(6-9)19-8-18-11)17-7-13-10-2-1-5-16-14(10)21-20-13/h1-6,8H,7H2,(H,17,22)(H,18,19)(H,16,20,21). The molecule has 0 unspecified atom stereocenters. The fourth-order valence-electron chi connectivity index (χ4n) is 2.38. The SMILES string of the molecule is O=C(NCc1[nH]nc2ncccc12)c1ccc2nc[nH]c2c1. The summed E-state index contributed by atoms with van der Waals surface area (Å²) in [4.78, 5) is 23.5. The smallest absolute Gasteiger partial charge is 0.251 e. The highest BCUT2D eigenvalue weighted by molar-refractivity contribution is 5.97. The van der Waals surface area contributed by atoms with Crippen LogP contribution in [0.5, 0.6) is 0 Å². The van der Waals surface area contributed by atoms with Crippen molar-refractivity contribution in [2.24, 2.45) is 0 Å². The number of hydrogen-bond acceptors (Lipinski definition) is 4. The van der Waals surface area contributed by atoms with Crippen molar-refractivity contribution in [1.29, 1.82) is 0 Å². The van der Waals surface area contributed by atoms with Crippen LogP contribution in [-0.4, -0.2) is 31.1 Å². The summed E-state index contributed by atoms with van der Waals surface area (Å²) in [6.07, 6.45) is 3.29. The van der Waals surface area contributed by atoms with Crippen molar-refractivity contribution in [3.63, 3.8) is 0 Å². The normalized spacial score (nSPS) is 11.1. The van der Waals surface area contributed by atoms with Gasteiger partial charge in [0.25, 0.3) is 5.91 Å². The number of hydrogen-bond donors (Lipinski definition) is 3. The third-order valence-corrected chi connectivity index (χ3v) is 3.52. The maximum Gasteiger partial charge on any atom is 0.251 e. The molecule has 3 heterocycles. The molecule has 0 aliphatic carbocycles. The topological polar surface area (TPSA) is 99.3 Å². The molecule has 0 spiro atoms. The van der Waals surface area contributed by atoms with Gasteiger partial charge < -0.3 is 10.3 Å². The van der Waals surface area contributed by atoms with Crippen LogP contribution in [-0.2, 0) is 6.54 Å². The van der Waals surface area contributed by atoms with Crippen LogP contribution >= 0.6 is 0 Å². The zero-order chi connectivity index (χ0) is 14.9. The van der Waals surface area contributed by atoms with E-state index in [1.807, 2.05) is 18.2 Å². The molecule has 0 aliphatic heterocycles. The van der Waals surface area contributed by atoms with Crippen molar-refractivity contribution in [2.45, 2.75) is 6.54 Å². The summed E-state index contributed by atoms with van der Waals surface area (Å²) in [6.45, 7) is 0.363. The van der Waals surface area contributed by atoms with Gasteiger partial charge in [0.2, 0.25) is 0 Å². The van der Waals surface area contributed by atoms with Gasteiger partial charge in [-0.15, -0.1) is 0 Å². The zero-order valence-corrected chi connectivity index (χ0v) is 11.5. The number of amides is 1. The summed E-state index contributed by atoms with van der Waals surface area (Å²) >= 11 is 0. The Hall–Kier alpha value is -3.22. The van der Waals surface area contributed by atoms with E-state index in [9.17, 15) is 4.79 Å². The molecule has 3 aromatic heterocycles. The van der Waals surface area contributed by atoms with E-state index in [0.717, 1.165) is 22.1 Å². The average molecular weight is 292 g/mol. The highest BCUT2D eigenvalue weighted by Gasteiger charge is 2.10. The van der Waals surface area contributed by atoms with E-state index in [1.165, 1.54) is 0 Å². The van der Waals surface area contributed by atoms with E-state index in [0.29, 0.717) is 17.8 Å². The van der Waals surface area contributed by atoms with Crippen molar-refractivity contribution >= 4 is 28.0 Å². The van der Waals surface area contributed by atoms with Crippen molar-refractivity contribution in [3.8, 4) is 0 Å². The van der Waals surface area contributed by atoms with Gasteiger partial charge in [-0.1, -0.05) is 0 Å². The Morgan fingerprint density at radius 3 is 3.14 bits per heavy atom. The lowest BCUT2D eigenvalue weighted by molar-refractivity contribution is 0.0950. The number of rotatable bonds is 3. The Kier molecular flexibility index (Phi) is 2.82. The summed E-state index contributed by atoms with van der Waals surface area (Å²) in [7, 11) is 0. The minimum atomic E-state index is -0.150. The second kappa shape index (κ2) is 4.96. The third kappa shape index (κ3) is 2.08. The van der Waals surface area contributed by atoms with Crippen molar-refractivity contribution in [1.82, 2.24) is 30.5 Å². The van der Waals surface area contributed by atoms with Gasteiger partial charge in [0, 0.05) is 17.1 Å². The number of fused-ring (bicyclic) bond motifs is 2. The molecule has 22 heavy (non-hydrogen) atoms. The van der Waals surface area contributed by atoms with E-state index >= 15 is 0 Å². The Labute approximate surface area is 124 Å². The number of carbonyl (C=O) groups is 1. The van der Waals surface area contributed by atoms with Crippen LogP contribution in [0.4, 0.5) is 0 Å². The van der Waals surface area contributed by atoms with Gasteiger partial charge in [0.1, 0.15) is 0 Å². The van der Waals surface area contributed by atoms with Crippen LogP contribution in [0.25, 0.3) is 22.1 Å². The van der Waals surface area contributed by atoms with Gasteiger partial charge in [-0.25, -0.2) is 9.97 Å². The molecule has 0 bridgehead atoms. The molecular formula is C15H12N6O. The van der Waals surface area contributed by atoms with Crippen LogP contribution in [0.1, 0.15) is 16.1 Å². The molecule has 108 valence electrons. The summed E-state index contributed by atoms with van der Waals surface area (Å²) < 4.78 is 0. The maximum absolute atomic E-state index is 12.2. The van der Waals surface area contributed by atoms with Crippen LogP contribution < -0.4 is 5.32 Å². The van der Waals surface area contributed by atoms with Crippen LogP contribution in [0.2, 0.25) is 0 Å². The third-order valence-electron chi connectivity index (χ3n) is 3.52. The zero-order valence-electron chi connectivity index (χ0n) is 11.5. The fraction of sp³-hybridized carbons (Fsp3) is 0.0667. The second-order valence-electron chi connectivity index (χ2n) is 4.89. The molecule has 0 atom stereocenters. The summed E-state index contributed by atoms with van der Waals surface area (Å²) in [5, 5.41) is 10.8. The molecule has 4 aromatic rings. The number of pyridine rings is 1. The number of aromatic amines is 2. The minimum absolute atomic E-state index is 0.150. The Morgan fingerprint density at radius 2 is 2.18 bits per heavy atom. The summed E-state index contributed by atoms with van der Waals surface area (Å²) in [6, 6.07) is 9.12. The van der Waals surface area contributed by atoms with Gasteiger partial charge >= 0.3 is 0 Å². The van der Waals surface area contributed by atoms with E-state index < -0.39 is 0 Å². The Morgan fingerprint density at radius 1 is 1.23 bits per heavy atom. The largest absolute Gasteiger partial charge is 0.346 e. The molecule has 0 radical (unpaired) electrons. The predicted molar refractivity (Wildman–Crippen MR) is 81.2 cm³/mol. The number of H-pyrrole nitrogens is 2. The van der Waals surface area contributed by atoms with Crippen molar-refractivity contribution in [3.05, 3.63) is 54.1 Å². The Bertz CT molecular complexity index is 970. The molecule has 0 fully saturated rings. The quantitative estimate of drug-likeness (QED) is 0.535. The number of nitrogens with one attached hydrogen (secondary N) is 3. The summed E-state index contributed by atoms with van der Waals surface area (Å²) in [5.74, 6) is -0.150. The molecular weight excluding hydrogens is 280 g/mol. The molecule has 0 aliphatic rings. The van der Waals surface area contributed by atoms with E-state index in [-0.39, 0.29) is 5.91 Å². The first-order valence-corrected chi connectivity index (χ1v) is 6.80. The van der Waals surface area contributed by atoms with Gasteiger partial charge in [-0.2, -0.15) is 5.10 Å². The van der Waals surface area contributed by atoms with Gasteiger partial charge in [-0.3, -0.25) is 9.89 Å². The van der Waals surface area contributed by atoms with Gasteiger partial charge in [0.05, 0.1) is 29.6 Å². The molecule has 0 saturated carbocycles. The lowest BCUT2D eigenvalue weighted by Crippen LogP contribution is -2.23. The predicted octanol–water partition coefficient (Wildman–Crippen LogP) is 1.76. The minimum Gasteiger partial charge on any atom is -0.346 e.